The summed E-state index contributed by atoms with van der Waals surface area (Å²) in [5.74, 6) is 1.82. The number of benzene rings is 2. The summed E-state index contributed by atoms with van der Waals surface area (Å²) in [5.41, 5.74) is 2.39. The molecule has 0 amide bonds. The number of carbonyl (C=O) groups excluding carboxylic acids is 1. The fraction of sp³-hybridized carbons (Fsp3) is 0.0500. The third-order valence-electron chi connectivity index (χ3n) is 3.93. The van der Waals surface area contributed by atoms with E-state index in [1.165, 1.54) is 0 Å². The molecule has 0 aliphatic carbocycles. The lowest BCUT2D eigenvalue weighted by Gasteiger charge is -2.00. The Morgan fingerprint density at radius 1 is 0.960 bits per heavy atom. The Morgan fingerprint density at radius 2 is 1.80 bits per heavy atom. The predicted octanol–water partition coefficient (Wildman–Crippen LogP) is 6.18. The van der Waals surface area contributed by atoms with Gasteiger partial charge in [-0.1, -0.05) is 34.8 Å². The van der Waals surface area contributed by atoms with Crippen LogP contribution in [0.25, 0.3) is 17.4 Å². The molecule has 0 radical (unpaired) electrons. The van der Waals surface area contributed by atoms with Crippen LogP contribution >= 0.6 is 23.2 Å². The minimum absolute atomic E-state index is 0.147. The molecule has 4 rings (SSSR count). The molecule has 0 saturated heterocycles. The molecule has 0 atom stereocenters. The second-order valence-electron chi connectivity index (χ2n) is 5.77. The van der Waals surface area contributed by atoms with Crippen LogP contribution in [0, 0.1) is 6.92 Å². The first-order valence-electron chi connectivity index (χ1n) is 7.61. The van der Waals surface area contributed by atoms with Gasteiger partial charge in [0, 0.05) is 11.6 Å². The smallest absolute Gasteiger partial charge is 0.232 e. The van der Waals surface area contributed by atoms with Gasteiger partial charge < -0.3 is 9.15 Å². The van der Waals surface area contributed by atoms with E-state index in [0.717, 1.165) is 11.1 Å². The van der Waals surface area contributed by atoms with E-state index in [1.807, 2.05) is 31.2 Å². The molecule has 0 bridgehead atoms. The summed E-state index contributed by atoms with van der Waals surface area (Å²) in [4.78, 5) is 12.4. The zero-order valence-electron chi connectivity index (χ0n) is 13.2. The number of rotatable bonds is 2. The third kappa shape index (κ3) is 2.97. The van der Waals surface area contributed by atoms with Gasteiger partial charge in [-0.25, -0.2) is 0 Å². The van der Waals surface area contributed by atoms with E-state index in [-0.39, 0.29) is 11.5 Å². The topological polar surface area (TPSA) is 39.4 Å². The summed E-state index contributed by atoms with van der Waals surface area (Å²) in [6.07, 6.45) is 1.60. The van der Waals surface area contributed by atoms with Crippen LogP contribution in [0.2, 0.25) is 10.0 Å². The van der Waals surface area contributed by atoms with Crippen molar-refractivity contribution in [2.75, 3.05) is 0 Å². The Balaban J connectivity index is 1.64. The number of ether oxygens (including phenoxy) is 1. The predicted molar refractivity (Wildman–Crippen MR) is 98.3 cm³/mol. The number of fused-ring (bicyclic) bond motifs is 1. The second-order valence-corrected chi connectivity index (χ2v) is 6.58. The summed E-state index contributed by atoms with van der Waals surface area (Å²) in [6.45, 7) is 1.94. The van der Waals surface area contributed by atoms with Crippen molar-refractivity contribution in [3.05, 3.63) is 81.2 Å². The first kappa shape index (κ1) is 16.0. The molecule has 0 fully saturated rings. The lowest BCUT2D eigenvalue weighted by atomic mass is 10.1. The van der Waals surface area contributed by atoms with Crippen LogP contribution in [-0.2, 0) is 0 Å². The minimum Gasteiger partial charge on any atom is -0.457 e. The molecule has 1 aliphatic heterocycles. The largest absolute Gasteiger partial charge is 0.457 e. The molecule has 25 heavy (non-hydrogen) atoms. The molecule has 0 unspecified atom stereocenters. The number of hydrogen-bond donors (Lipinski definition) is 0. The molecule has 3 nitrogen and oxygen atoms in total. The maximum absolute atomic E-state index is 12.4. The van der Waals surface area contributed by atoms with Gasteiger partial charge in [0.15, 0.2) is 5.76 Å². The van der Waals surface area contributed by atoms with E-state index in [0.29, 0.717) is 32.9 Å². The van der Waals surface area contributed by atoms with Crippen molar-refractivity contribution in [3.63, 3.8) is 0 Å². The van der Waals surface area contributed by atoms with Crippen molar-refractivity contribution in [2.45, 2.75) is 6.92 Å². The van der Waals surface area contributed by atoms with E-state index in [2.05, 4.69) is 0 Å². The van der Waals surface area contributed by atoms with Gasteiger partial charge in [-0.3, -0.25) is 4.79 Å². The normalized spacial score (nSPS) is 14.7. The fourth-order valence-electron chi connectivity index (χ4n) is 2.67. The third-order valence-corrected chi connectivity index (χ3v) is 4.67. The summed E-state index contributed by atoms with van der Waals surface area (Å²) in [5, 5.41) is 0.938. The van der Waals surface area contributed by atoms with E-state index in [1.54, 1.807) is 30.3 Å². The molecule has 2 aromatic carbocycles. The standard InChI is InChI=1S/C20H12Cl2O3/c1-11-2-6-18-14(8-11)20(23)19(25-18)10-13-4-7-17(24-13)12-3-5-15(21)16(22)9-12/h2-10H,1H3/b19-10-. The first-order chi connectivity index (χ1) is 12.0. The average Bonchev–Trinajstić information content (AvgIpc) is 3.17. The average molecular weight is 371 g/mol. The number of halogens is 2. The Labute approximate surface area is 154 Å². The van der Waals surface area contributed by atoms with Crippen molar-refractivity contribution >= 4 is 35.1 Å². The zero-order valence-corrected chi connectivity index (χ0v) is 14.7. The highest BCUT2D eigenvalue weighted by atomic mass is 35.5. The Hall–Kier alpha value is -2.49. The minimum atomic E-state index is -0.147. The van der Waals surface area contributed by atoms with Gasteiger partial charge in [-0.2, -0.15) is 0 Å². The molecule has 0 spiro atoms. The van der Waals surface area contributed by atoms with Crippen LogP contribution in [0.5, 0.6) is 5.75 Å². The molecule has 0 saturated carbocycles. The SMILES string of the molecule is Cc1ccc2c(c1)C(=O)/C(=C/c1ccc(-c3ccc(Cl)c(Cl)c3)o1)O2. The van der Waals surface area contributed by atoms with Crippen LogP contribution in [0.3, 0.4) is 0 Å². The van der Waals surface area contributed by atoms with Gasteiger partial charge in [0.05, 0.1) is 15.6 Å². The molecule has 1 aliphatic rings. The van der Waals surface area contributed by atoms with Gasteiger partial charge in [-0.05, 0) is 49.4 Å². The molecule has 3 aromatic rings. The van der Waals surface area contributed by atoms with Gasteiger partial charge in [0.25, 0.3) is 0 Å². The van der Waals surface area contributed by atoms with Crippen molar-refractivity contribution in [3.8, 4) is 17.1 Å². The van der Waals surface area contributed by atoms with E-state index in [4.69, 9.17) is 32.4 Å². The van der Waals surface area contributed by atoms with E-state index >= 15 is 0 Å². The quantitative estimate of drug-likeness (QED) is 0.505. The molecule has 1 aromatic heterocycles. The van der Waals surface area contributed by atoms with Crippen LogP contribution in [-0.4, -0.2) is 5.78 Å². The lowest BCUT2D eigenvalue weighted by molar-refractivity contribution is 0.101. The lowest BCUT2D eigenvalue weighted by Crippen LogP contribution is -1.97. The number of furan rings is 1. The van der Waals surface area contributed by atoms with Crippen molar-refractivity contribution in [2.24, 2.45) is 0 Å². The Kier molecular flexibility index (Phi) is 3.91. The number of hydrogen-bond acceptors (Lipinski definition) is 3. The molecule has 5 heteroatoms. The Bertz CT molecular complexity index is 1030. The highest BCUT2D eigenvalue weighted by Gasteiger charge is 2.27. The maximum Gasteiger partial charge on any atom is 0.232 e. The molecular formula is C20H12Cl2O3. The zero-order chi connectivity index (χ0) is 17.6. The number of allylic oxidation sites excluding steroid dienone is 1. The number of Topliss-reactive ketones (excluding diaryl/α,β-unsaturated/α-hetero) is 1. The summed E-state index contributed by atoms with van der Waals surface area (Å²) in [6, 6.07) is 14.4. The van der Waals surface area contributed by atoms with Crippen molar-refractivity contribution in [1.82, 2.24) is 0 Å². The fourth-order valence-corrected chi connectivity index (χ4v) is 2.97. The van der Waals surface area contributed by atoms with Gasteiger partial charge in [0.1, 0.15) is 17.3 Å². The summed E-state index contributed by atoms with van der Waals surface area (Å²) < 4.78 is 11.4. The van der Waals surface area contributed by atoms with Crippen LogP contribution < -0.4 is 4.74 Å². The molecule has 0 N–H and O–H groups in total. The second kappa shape index (κ2) is 6.10. The number of aryl methyl sites for hydroxylation is 1. The van der Waals surface area contributed by atoms with Gasteiger partial charge in [-0.15, -0.1) is 0 Å². The Morgan fingerprint density at radius 3 is 2.60 bits per heavy atom. The maximum atomic E-state index is 12.4. The molecule has 2 heterocycles. The van der Waals surface area contributed by atoms with Gasteiger partial charge in [0.2, 0.25) is 5.78 Å². The highest BCUT2D eigenvalue weighted by Crippen LogP contribution is 2.34. The number of ketones is 1. The summed E-state index contributed by atoms with van der Waals surface area (Å²) >= 11 is 12.0. The van der Waals surface area contributed by atoms with Crippen LogP contribution in [0.4, 0.5) is 0 Å². The van der Waals surface area contributed by atoms with Crippen LogP contribution in [0.1, 0.15) is 21.7 Å². The van der Waals surface area contributed by atoms with Crippen molar-refractivity contribution in [1.29, 1.82) is 0 Å². The van der Waals surface area contributed by atoms with E-state index < -0.39 is 0 Å². The molecular weight excluding hydrogens is 359 g/mol. The monoisotopic (exact) mass is 370 g/mol. The summed E-state index contributed by atoms with van der Waals surface area (Å²) in [7, 11) is 0. The van der Waals surface area contributed by atoms with Crippen LogP contribution in [0.15, 0.2) is 58.7 Å². The first-order valence-corrected chi connectivity index (χ1v) is 8.37. The van der Waals surface area contributed by atoms with Gasteiger partial charge >= 0.3 is 0 Å². The molecule has 124 valence electrons. The van der Waals surface area contributed by atoms with Crippen molar-refractivity contribution < 1.29 is 13.9 Å². The number of carbonyl (C=O) groups is 1. The highest BCUT2D eigenvalue weighted by molar-refractivity contribution is 6.42. The van der Waals surface area contributed by atoms with E-state index in [9.17, 15) is 4.79 Å².